The molecule has 1 saturated heterocycles. The number of thioether (sulfide) groups is 1. The van der Waals surface area contributed by atoms with E-state index in [1.807, 2.05) is 18.7 Å². The van der Waals surface area contributed by atoms with Crippen LogP contribution in [0.5, 0.6) is 5.88 Å². The number of methoxy groups -OCH3 is 1. The lowest BCUT2D eigenvalue weighted by Gasteiger charge is -2.23. The molecule has 0 aliphatic carbocycles. The average Bonchev–Trinajstić information content (AvgIpc) is 2.33. The van der Waals surface area contributed by atoms with E-state index in [2.05, 4.69) is 15.3 Å². The minimum Gasteiger partial charge on any atom is -0.481 e. The maximum absolute atomic E-state index is 5.18. The average molecular weight is 239 g/mol. The molecule has 16 heavy (non-hydrogen) atoms. The highest BCUT2D eigenvalue weighted by Gasteiger charge is 2.16. The molecule has 1 aromatic rings. The molecule has 0 saturated carbocycles. The molecule has 1 unspecified atom stereocenters. The van der Waals surface area contributed by atoms with Crippen LogP contribution in [-0.2, 0) is 0 Å². The zero-order valence-electron chi connectivity index (χ0n) is 9.69. The Morgan fingerprint density at radius 3 is 3.06 bits per heavy atom. The van der Waals surface area contributed by atoms with E-state index in [0.717, 1.165) is 17.1 Å². The van der Waals surface area contributed by atoms with Crippen molar-refractivity contribution in [2.45, 2.75) is 25.8 Å². The van der Waals surface area contributed by atoms with E-state index in [1.54, 1.807) is 13.4 Å². The normalized spacial score (nSPS) is 20.5. The number of anilines is 1. The lowest BCUT2D eigenvalue weighted by atomic mass is 10.2. The van der Waals surface area contributed by atoms with Gasteiger partial charge in [0, 0.05) is 11.8 Å². The summed E-state index contributed by atoms with van der Waals surface area (Å²) in [5, 5.41) is 3.47. The van der Waals surface area contributed by atoms with Crippen molar-refractivity contribution in [3.8, 4) is 5.88 Å². The lowest BCUT2D eigenvalue weighted by Crippen LogP contribution is -2.26. The molecule has 1 aliphatic rings. The minimum atomic E-state index is 0.525. The summed E-state index contributed by atoms with van der Waals surface area (Å²) < 4.78 is 5.18. The summed E-state index contributed by atoms with van der Waals surface area (Å²) in [6.07, 6.45) is 4.05. The zero-order chi connectivity index (χ0) is 11.4. The van der Waals surface area contributed by atoms with Crippen LogP contribution < -0.4 is 10.1 Å². The van der Waals surface area contributed by atoms with E-state index in [4.69, 9.17) is 4.74 Å². The fraction of sp³-hybridized carbons (Fsp3) is 0.636. The molecule has 4 nitrogen and oxygen atoms in total. The van der Waals surface area contributed by atoms with Gasteiger partial charge in [-0.2, -0.15) is 11.8 Å². The molecule has 0 spiro atoms. The highest BCUT2D eigenvalue weighted by molar-refractivity contribution is 7.99. The van der Waals surface area contributed by atoms with Crippen LogP contribution in [0, 0.1) is 6.92 Å². The SMILES string of the molecule is COc1ncnc(NC2CCCSC2)c1C. The predicted molar refractivity (Wildman–Crippen MR) is 67.3 cm³/mol. The van der Waals surface area contributed by atoms with Crippen LogP contribution in [0.3, 0.4) is 0 Å². The van der Waals surface area contributed by atoms with Gasteiger partial charge in [-0.25, -0.2) is 9.97 Å². The van der Waals surface area contributed by atoms with Gasteiger partial charge in [-0.1, -0.05) is 0 Å². The number of ether oxygens (including phenoxy) is 1. The van der Waals surface area contributed by atoms with Gasteiger partial charge in [0.15, 0.2) is 0 Å². The Hall–Kier alpha value is -0.970. The van der Waals surface area contributed by atoms with Gasteiger partial charge in [-0.3, -0.25) is 0 Å². The first-order valence-electron chi connectivity index (χ1n) is 5.51. The minimum absolute atomic E-state index is 0.525. The number of nitrogens with zero attached hydrogens (tertiary/aromatic N) is 2. The molecule has 0 radical (unpaired) electrons. The van der Waals surface area contributed by atoms with Crippen LogP contribution in [0.2, 0.25) is 0 Å². The van der Waals surface area contributed by atoms with Crippen molar-refractivity contribution in [3.63, 3.8) is 0 Å². The first kappa shape index (κ1) is 11.5. The third-order valence-electron chi connectivity index (χ3n) is 2.73. The van der Waals surface area contributed by atoms with Gasteiger partial charge in [0.05, 0.1) is 12.7 Å². The summed E-state index contributed by atoms with van der Waals surface area (Å²) in [5.74, 6) is 4.00. The number of nitrogens with one attached hydrogen (secondary N) is 1. The second kappa shape index (κ2) is 5.39. The summed E-state index contributed by atoms with van der Waals surface area (Å²) in [6, 6.07) is 0.525. The summed E-state index contributed by atoms with van der Waals surface area (Å²) in [7, 11) is 1.63. The number of aromatic nitrogens is 2. The Morgan fingerprint density at radius 1 is 1.50 bits per heavy atom. The molecule has 1 aliphatic heterocycles. The van der Waals surface area contributed by atoms with Crippen molar-refractivity contribution in [2.24, 2.45) is 0 Å². The van der Waals surface area contributed by atoms with E-state index in [1.165, 1.54) is 18.6 Å². The van der Waals surface area contributed by atoms with Gasteiger partial charge >= 0.3 is 0 Å². The maximum Gasteiger partial charge on any atom is 0.221 e. The second-order valence-corrected chi connectivity index (χ2v) is 5.06. The largest absolute Gasteiger partial charge is 0.481 e. The van der Waals surface area contributed by atoms with Gasteiger partial charge in [0.25, 0.3) is 0 Å². The molecule has 1 N–H and O–H groups in total. The van der Waals surface area contributed by atoms with Gasteiger partial charge in [0.1, 0.15) is 12.1 Å². The summed E-state index contributed by atoms with van der Waals surface area (Å²) >= 11 is 2.00. The van der Waals surface area contributed by atoms with Crippen molar-refractivity contribution in [3.05, 3.63) is 11.9 Å². The maximum atomic E-state index is 5.18. The van der Waals surface area contributed by atoms with Crippen molar-refractivity contribution >= 4 is 17.6 Å². The summed E-state index contributed by atoms with van der Waals surface area (Å²) in [6.45, 7) is 1.98. The van der Waals surface area contributed by atoms with Crippen molar-refractivity contribution in [2.75, 3.05) is 23.9 Å². The van der Waals surface area contributed by atoms with Crippen LogP contribution in [0.15, 0.2) is 6.33 Å². The smallest absolute Gasteiger partial charge is 0.221 e. The predicted octanol–water partition coefficient (Wildman–Crippen LogP) is 2.10. The molecule has 1 aromatic heterocycles. The Balaban J connectivity index is 2.08. The Kier molecular flexibility index (Phi) is 3.88. The van der Waals surface area contributed by atoms with Gasteiger partial charge in [0.2, 0.25) is 5.88 Å². The van der Waals surface area contributed by atoms with Crippen molar-refractivity contribution < 1.29 is 4.74 Å². The quantitative estimate of drug-likeness (QED) is 0.875. The van der Waals surface area contributed by atoms with Crippen molar-refractivity contribution in [1.29, 1.82) is 0 Å². The highest BCUT2D eigenvalue weighted by Crippen LogP contribution is 2.24. The van der Waals surface area contributed by atoms with Gasteiger partial charge < -0.3 is 10.1 Å². The van der Waals surface area contributed by atoms with Crippen LogP contribution in [0.4, 0.5) is 5.82 Å². The molecular weight excluding hydrogens is 222 g/mol. The fourth-order valence-electron chi connectivity index (χ4n) is 1.83. The first-order valence-corrected chi connectivity index (χ1v) is 6.66. The van der Waals surface area contributed by atoms with Crippen LogP contribution in [0.25, 0.3) is 0 Å². The molecule has 5 heteroatoms. The fourth-order valence-corrected chi connectivity index (χ4v) is 2.91. The van der Waals surface area contributed by atoms with Gasteiger partial charge in [-0.05, 0) is 25.5 Å². The second-order valence-electron chi connectivity index (χ2n) is 3.91. The third kappa shape index (κ3) is 2.58. The Bertz CT molecular complexity index is 353. The highest BCUT2D eigenvalue weighted by atomic mass is 32.2. The molecule has 0 bridgehead atoms. The van der Waals surface area contributed by atoms with E-state index in [-0.39, 0.29) is 0 Å². The Morgan fingerprint density at radius 2 is 2.38 bits per heavy atom. The molecule has 1 atom stereocenters. The molecule has 0 amide bonds. The van der Waals surface area contributed by atoms with Crippen LogP contribution in [-0.4, -0.2) is 34.6 Å². The van der Waals surface area contributed by atoms with Crippen LogP contribution >= 0.6 is 11.8 Å². The zero-order valence-corrected chi connectivity index (χ0v) is 10.5. The third-order valence-corrected chi connectivity index (χ3v) is 3.95. The molecule has 1 fully saturated rings. The molecule has 0 aromatic carbocycles. The Labute approximate surface area is 100 Å². The molecular formula is C11H17N3OS. The lowest BCUT2D eigenvalue weighted by molar-refractivity contribution is 0.393. The molecule has 2 heterocycles. The van der Waals surface area contributed by atoms with Crippen molar-refractivity contribution in [1.82, 2.24) is 9.97 Å². The monoisotopic (exact) mass is 239 g/mol. The van der Waals surface area contributed by atoms with Crippen LogP contribution in [0.1, 0.15) is 18.4 Å². The van der Waals surface area contributed by atoms with Gasteiger partial charge in [-0.15, -0.1) is 0 Å². The molecule has 88 valence electrons. The van der Waals surface area contributed by atoms with E-state index >= 15 is 0 Å². The number of rotatable bonds is 3. The van der Waals surface area contributed by atoms with E-state index in [0.29, 0.717) is 11.9 Å². The van der Waals surface area contributed by atoms with E-state index in [9.17, 15) is 0 Å². The first-order chi connectivity index (χ1) is 7.81. The number of hydrogen-bond donors (Lipinski definition) is 1. The molecule has 2 rings (SSSR count). The summed E-state index contributed by atoms with van der Waals surface area (Å²) in [4.78, 5) is 8.34. The standard InChI is InChI=1S/C11H17N3OS/c1-8-10(12-7-13-11(8)15-2)14-9-4-3-5-16-6-9/h7,9H,3-6H2,1-2H3,(H,12,13,14). The number of hydrogen-bond acceptors (Lipinski definition) is 5. The topological polar surface area (TPSA) is 47.0 Å². The summed E-state index contributed by atoms with van der Waals surface area (Å²) in [5.41, 5.74) is 0.987. The van der Waals surface area contributed by atoms with E-state index < -0.39 is 0 Å².